The van der Waals surface area contributed by atoms with Crippen molar-refractivity contribution in [2.24, 2.45) is 7.05 Å². The zero-order chi connectivity index (χ0) is 13.9. The molecule has 19 heavy (non-hydrogen) atoms. The standard InChI is InChI=1S/C14H22N2O3/c1-15(11-14(18)5-8-19-9-6-14)10-13(17)12-4-3-7-16(12)2/h3-4,7,18H,5-6,8-11H2,1-2H3. The van der Waals surface area contributed by atoms with E-state index in [0.717, 1.165) is 0 Å². The number of rotatable bonds is 5. The topological polar surface area (TPSA) is 54.7 Å². The van der Waals surface area contributed by atoms with Gasteiger partial charge < -0.3 is 14.4 Å². The Bertz CT molecular complexity index is 436. The third kappa shape index (κ3) is 3.65. The van der Waals surface area contributed by atoms with Crippen molar-refractivity contribution in [3.63, 3.8) is 0 Å². The van der Waals surface area contributed by atoms with E-state index in [-0.39, 0.29) is 5.78 Å². The first-order valence-corrected chi connectivity index (χ1v) is 6.63. The third-order valence-electron chi connectivity index (χ3n) is 3.63. The second-order valence-electron chi connectivity index (χ2n) is 5.44. The van der Waals surface area contributed by atoms with Crippen LogP contribution < -0.4 is 0 Å². The highest BCUT2D eigenvalue weighted by Crippen LogP contribution is 2.21. The van der Waals surface area contributed by atoms with Crippen LogP contribution in [0.3, 0.4) is 0 Å². The Kier molecular flexibility index (Phi) is 4.39. The van der Waals surface area contributed by atoms with Crippen molar-refractivity contribution in [3.8, 4) is 0 Å². The molecule has 1 aromatic heterocycles. The fourth-order valence-corrected chi connectivity index (χ4v) is 2.54. The minimum absolute atomic E-state index is 0.0747. The summed E-state index contributed by atoms with van der Waals surface area (Å²) in [4.78, 5) is 14.0. The van der Waals surface area contributed by atoms with Gasteiger partial charge in [-0.3, -0.25) is 9.69 Å². The summed E-state index contributed by atoms with van der Waals surface area (Å²) in [6.07, 6.45) is 3.13. The van der Waals surface area contributed by atoms with E-state index in [1.165, 1.54) is 0 Å². The number of nitrogens with zero attached hydrogens (tertiary/aromatic N) is 2. The van der Waals surface area contributed by atoms with E-state index >= 15 is 0 Å². The summed E-state index contributed by atoms with van der Waals surface area (Å²) in [5.74, 6) is 0.0747. The van der Waals surface area contributed by atoms with Crippen LogP contribution in [0.4, 0.5) is 0 Å². The number of Topliss-reactive ketones (excluding diaryl/α,β-unsaturated/α-hetero) is 1. The normalized spacial score (nSPS) is 18.7. The van der Waals surface area contributed by atoms with Gasteiger partial charge in [0.25, 0.3) is 0 Å². The van der Waals surface area contributed by atoms with Crippen LogP contribution in [0.2, 0.25) is 0 Å². The van der Waals surface area contributed by atoms with Gasteiger partial charge in [-0.15, -0.1) is 0 Å². The van der Waals surface area contributed by atoms with Gasteiger partial charge in [0.15, 0.2) is 5.78 Å². The van der Waals surface area contributed by atoms with Gasteiger partial charge in [-0.1, -0.05) is 0 Å². The van der Waals surface area contributed by atoms with Gasteiger partial charge in [0.05, 0.1) is 17.8 Å². The Balaban J connectivity index is 1.89. The number of ether oxygens (including phenoxy) is 1. The molecule has 0 atom stereocenters. The molecule has 0 aliphatic carbocycles. The Morgan fingerprint density at radius 1 is 1.53 bits per heavy atom. The minimum Gasteiger partial charge on any atom is -0.388 e. The van der Waals surface area contributed by atoms with Crippen LogP contribution in [-0.2, 0) is 11.8 Å². The first kappa shape index (κ1) is 14.2. The molecule has 0 amide bonds. The Hall–Kier alpha value is -1.17. The average molecular weight is 266 g/mol. The van der Waals surface area contributed by atoms with Gasteiger partial charge >= 0.3 is 0 Å². The van der Waals surface area contributed by atoms with Crippen molar-refractivity contribution in [1.82, 2.24) is 9.47 Å². The maximum Gasteiger partial charge on any atom is 0.193 e. The predicted molar refractivity (Wildman–Crippen MR) is 72.2 cm³/mol. The number of likely N-dealkylation sites (N-methyl/N-ethyl adjacent to an activating group) is 1. The van der Waals surface area contributed by atoms with Gasteiger partial charge in [-0.05, 0) is 19.2 Å². The van der Waals surface area contributed by atoms with Gasteiger partial charge in [-0.25, -0.2) is 0 Å². The van der Waals surface area contributed by atoms with Crippen LogP contribution >= 0.6 is 0 Å². The fourth-order valence-electron chi connectivity index (χ4n) is 2.54. The predicted octanol–water partition coefficient (Wildman–Crippen LogP) is 0.681. The van der Waals surface area contributed by atoms with Crippen LogP contribution in [0.15, 0.2) is 18.3 Å². The van der Waals surface area contributed by atoms with E-state index in [9.17, 15) is 9.90 Å². The largest absolute Gasteiger partial charge is 0.388 e. The van der Waals surface area contributed by atoms with Gasteiger partial charge in [0.1, 0.15) is 0 Å². The molecule has 1 aliphatic heterocycles. The number of hydrogen-bond acceptors (Lipinski definition) is 4. The first-order valence-electron chi connectivity index (χ1n) is 6.63. The van der Waals surface area contributed by atoms with Crippen molar-refractivity contribution in [2.75, 3.05) is 33.4 Å². The van der Waals surface area contributed by atoms with E-state index in [2.05, 4.69) is 0 Å². The highest BCUT2D eigenvalue weighted by molar-refractivity contribution is 5.96. The van der Waals surface area contributed by atoms with Gasteiger partial charge in [-0.2, -0.15) is 0 Å². The SMILES string of the molecule is CN(CC(=O)c1cccn1C)CC1(O)CCOCC1. The Morgan fingerprint density at radius 2 is 2.21 bits per heavy atom. The van der Waals surface area contributed by atoms with Crippen LogP contribution in [0.1, 0.15) is 23.3 Å². The number of hydrogen-bond donors (Lipinski definition) is 1. The lowest BCUT2D eigenvalue weighted by atomic mass is 9.94. The molecule has 106 valence electrons. The van der Waals surface area contributed by atoms with Crippen LogP contribution in [-0.4, -0.2) is 59.3 Å². The number of carbonyl (C=O) groups is 1. The monoisotopic (exact) mass is 266 g/mol. The molecule has 0 bridgehead atoms. The van der Waals surface area contributed by atoms with Crippen molar-refractivity contribution in [1.29, 1.82) is 0 Å². The summed E-state index contributed by atoms with van der Waals surface area (Å²) in [7, 11) is 3.73. The highest BCUT2D eigenvalue weighted by Gasteiger charge is 2.31. The number of ketones is 1. The molecule has 0 saturated carbocycles. The summed E-state index contributed by atoms with van der Waals surface area (Å²) in [5.41, 5.74) is -0.0209. The van der Waals surface area contributed by atoms with Crippen molar-refractivity contribution in [3.05, 3.63) is 24.0 Å². The van der Waals surface area contributed by atoms with Crippen LogP contribution in [0.5, 0.6) is 0 Å². The fraction of sp³-hybridized carbons (Fsp3) is 0.643. The lowest BCUT2D eigenvalue weighted by Gasteiger charge is -2.35. The highest BCUT2D eigenvalue weighted by atomic mass is 16.5. The second-order valence-corrected chi connectivity index (χ2v) is 5.44. The summed E-state index contributed by atoms with van der Waals surface area (Å²) in [6, 6.07) is 3.68. The summed E-state index contributed by atoms with van der Waals surface area (Å²) in [5, 5.41) is 10.4. The smallest absolute Gasteiger partial charge is 0.193 e. The Morgan fingerprint density at radius 3 is 2.79 bits per heavy atom. The van der Waals surface area contributed by atoms with Crippen molar-refractivity contribution < 1.29 is 14.6 Å². The molecule has 2 rings (SSSR count). The van der Waals surface area contributed by atoms with E-state index in [1.54, 1.807) is 0 Å². The third-order valence-corrected chi connectivity index (χ3v) is 3.63. The lowest BCUT2D eigenvalue weighted by Crippen LogP contribution is -2.46. The molecule has 0 radical (unpaired) electrons. The molecule has 0 unspecified atom stereocenters. The molecule has 0 aromatic carbocycles. The molecule has 1 aliphatic rings. The van der Waals surface area contributed by atoms with E-state index in [4.69, 9.17) is 4.74 Å². The zero-order valence-corrected chi connectivity index (χ0v) is 11.6. The molecule has 5 nitrogen and oxygen atoms in total. The van der Waals surface area contributed by atoms with Crippen LogP contribution in [0.25, 0.3) is 0 Å². The van der Waals surface area contributed by atoms with Gasteiger partial charge in [0.2, 0.25) is 0 Å². The zero-order valence-electron chi connectivity index (χ0n) is 11.6. The van der Waals surface area contributed by atoms with Crippen LogP contribution in [0, 0.1) is 0 Å². The number of aryl methyl sites for hydroxylation is 1. The molecule has 1 fully saturated rings. The summed E-state index contributed by atoms with van der Waals surface area (Å²) < 4.78 is 7.07. The number of carbonyl (C=O) groups excluding carboxylic acids is 1. The summed E-state index contributed by atoms with van der Waals surface area (Å²) >= 11 is 0. The maximum absolute atomic E-state index is 12.1. The molecule has 2 heterocycles. The molecule has 1 saturated heterocycles. The molecule has 5 heteroatoms. The summed E-state index contributed by atoms with van der Waals surface area (Å²) in [6.45, 7) is 2.01. The minimum atomic E-state index is -0.721. The molecular formula is C14H22N2O3. The quantitative estimate of drug-likeness (QED) is 0.796. The lowest BCUT2D eigenvalue weighted by molar-refractivity contribution is -0.0758. The second kappa shape index (κ2) is 5.86. The first-order chi connectivity index (χ1) is 9.00. The molecule has 1 N–H and O–H groups in total. The van der Waals surface area contributed by atoms with Gasteiger partial charge in [0, 0.05) is 45.8 Å². The van der Waals surface area contributed by atoms with E-state index in [0.29, 0.717) is 44.8 Å². The Labute approximate surface area is 113 Å². The van der Waals surface area contributed by atoms with E-state index < -0.39 is 5.60 Å². The van der Waals surface area contributed by atoms with Crippen molar-refractivity contribution >= 4 is 5.78 Å². The molecule has 1 aromatic rings. The number of aliphatic hydroxyl groups is 1. The molecular weight excluding hydrogens is 244 g/mol. The maximum atomic E-state index is 12.1. The van der Waals surface area contributed by atoms with Crippen molar-refractivity contribution in [2.45, 2.75) is 18.4 Å². The number of aromatic nitrogens is 1. The molecule has 0 spiro atoms. The van der Waals surface area contributed by atoms with E-state index in [1.807, 2.05) is 41.9 Å². The average Bonchev–Trinajstić information content (AvgIpc) is 2.75.